The molecular formula is C21H22BrClN2O4. The molecule has 1 heterocycles. The normalized spacial score (nSPS) is 12.4. The van der Waals surface area contributed by atoms with E-state index in [9.17, 15) is 9.59 Å². The van der Waals surface area contributed by atoms with Crippen molar-refractivity contribution in [3.8, 4) is 11.5 Å². The number of fused-ring (bicyclic) bond motifs is 1. The van der Waals surface area contributed by atoms with Gasteiger partial charge in [-0.3, -0.25) is 9.59 Å². The second-order valence-electron chi connectivity index (χ2n) is 6.48. The zero-order valence-corrected chi connectivity index (χ0v) is 18.6. The number of carbonyl (C=O) groups excluding carboxylic acids is 2. The van der Waals surface area contributed by atoms with E-state index in [1.54, 1.807) is 29.2 Å². The molecule has 1 aliphatic rings. The second kappa shape index (κ2) is 9.50. The van der Waals surface area contributed by atoms with Crippen LogP contribution < -0.4 is 14.8 Å². The Morgan fingerprint density at radius 2 is 1.76 bits per heavy atom. The molecule has 6 nitrogen and oxygen atoms in total. The van der Waals surface area contributed by atoms with Crippen LogP contribution in [0.5, 0.6) is 11.5 Å². The van der Waals surface area contributed by atoms with Gasteiger partial charge in [0.15, 0.2) is 11.5 Å². The SMILES string of the molecule is CCN(CC)C(=O)c1ccc(NC(=O)Cc2cc3c(cc2Br)OCCO3)cc1Cl. The first-order chi connectivity index (χ1) is 13.9. The van der Waals surface area contributed by atoms with Crippen molar-refractivity contribution in [2.75, 3.05) is 31.6 Å². The van der Waals surface area contributed by atoms with Crippen LogP contribution >= 0.6 is 27.5 Å². The van der Waals surface area contributed by atoms with E-state index in [1.165, 1.54) is 0 Å². The van der Waals surface area contributed by atoms with Crippen LogP contribution in [-0.4, -0.2) is 43.0 Å². The van der Waals surface area contributed by atoms with E-state index < -0.39 is 0 Å². The molecule has 0 unspecified atom stereocenters. The van der Waals surface area contributed by atoms with Crippen molar-refractivity contribution in [1.29, 1.82) is 0 Å². The summed E-state index contributed by atoms with van der Waals surface area (Å²) in [6.45, 7) is 6.03. The molecule has 0 saturated heterocycles. The Morgan fingerprint density at radius 1 is 1.10 bits per heavy atom. The molecule has 154 valence electrons. The maximum Gasteiger partial charge on any atom is 0.255 e. The molecule has 0 fully saturated rings. The van der Waals surface area contributed by atoms with Gasteiger partial charge in [0.25, 0.3) is 5.91 Å². The highest BCUT2D eigenvalue weighted by molar-refractivity contribution is 9.10. The molecule has 0 aromatic heterocycles. The molecular weight excluding hydrogens is 460 g/mol. The van der Waals surface area contributed by atoms with Crippen LogP contribution in [0.1, 0.15) is 29.8 Å². The average molecular weight is 482 g/mol. The Hall–Kier alpha value is -2.25. The first kappa shape index (κ1) is 21.5. The fourth-order valence-corrected chi connectivity index (χ4v) is 3.79. The van der Waals surface area contributed by atoms with E-state index in [0.29, 0.717) is 54.1 Å². The quantitative estimate of drug-likeness (QED) is 0.658. The van der Waals surface area contributed by atoms with E-state index in [0.717, 1.165) is 10.0 Å². The predicted molar refractivity (Wildman–Crippen MR) is 116 cm³/mol. The van der Waals surface area contributed by atoms with Crippen LogP contribution in [0.4, 0.5) is 5.69 Å². The third-order valence-electron chi connectivity index (χ3n) is 4.60. The standard InChI is InChI=1S/C21H22BrClN2O4/c1-3-25(4-2)21(27)15-6-5-14(11-17(15)23)24-20(26)10-13-9-18-19(12-16(13)22)29-8-7-28-18/h5-6,9,11-12H,3-4,7-8,10H2,1-2H3,(H,24,26). The summed E-state index contributed by atoms with van der Waals surface area (Å²) in [4.78, 5) is 26.7. The van der Waals surface area contributed by atoms with Gasteiger partial charge in [-0.25, -0.2) is 0 Å². The van der Waals surface area contributed by atoms with Crippen LogP contribution in [-0.2, 0) is 11.2 Å². The van der Waals surface area contributed by atoms with Crippen molar-refractivity contribution in [1.82, 2.24) is 4.90 Å². The zero-order valence-electron chi connectivity index (χ0n) is 16.3. The van der Waals surface area contributed by atoms with Crippen LogP contribution in [0.25, 0.3) is 0 Å². The van der Waals surface area contributed by atoms with Crippen LogP contribution in [0, 0.1) is 0 Å². The van der Waals surface area contributed by atoms with Crippen molar-refractivity contribution in [2.45, 2.75) is 20.3 Å². The number of nitrogens with one attached hydrogen (secondary N) is 1. The Morgan fingerprint density at radius 3 is 2.38 bits per heavy atom. The largest absolute Gasteiger partial charge is 0.486 e. The number of halogens is 2. The number of carbonyl (C=O) groups is 2. The van der Waals surface area contributed by atoms with Gasteiger partial charge in [-0.2, -0.15) is 0 Å². The van der Waals surface area contributed by atoms with E-state index in [2.05, 4.69) is 21.2 Å². The summed E-state index contributed by atoms with van der Waals surface area (Å²) in [6, 6.07) is 8.52. The maximum absolute atomic E-state index is 12.5. The second-order valence-corrected chi connectivity index (χ2v) is 7.75. The Balaban J connectivity index is 1.70. The van der Waals surface area contributed by atoms with E-state index in [1.807, 2.05) is 19.9 Å². The summed E-state index contributed by atoms with van der Waals surface area (Å²) in [7, 11) is 0. The molecule has 1 N–H and O–H groups in total. The fourth-order valence-electron chi connectivity index (χ4n) is 3.07. The van der Waals surface area contributed by atoms with Gasteiger partial charge < -0.3 is 19.7 Å². The van der Waals surface area contributed by atoms with Crippen molar-refractivity contribution in [3.05, 3.63) is 51.0 Å². The molecule has 2 aromatic rings. The van der Waals surface area contributed by atoms with Crippen molar-refractivity contribution in [3.63, 3.8) is 0 Å². The lowest BCUT2D eigenvalue weighted by molar-refractivity contribution is -0.115. The monoisotopic (exact) mass is 480 g/mol. The summed E-state index contributed by atoms with van der Waals surface area (Å²) in [5, 5.41) is 3.13. The summed E-state index contributed by atoms with van der Waals surface area (Å²) < 4.78 is 11.9. The Labute approximate surface area is 183 Å². The molecule has 29 heavy (non-hydrogen) atoms. The number of benzene rings is 2. The van der Waals surface area contributed by atoms with Crippen molar-refractivity contribution < 1.29 is 19.1 Å². The number of hydrogen-bond donors (Lipinski definition) is 1. The minimum Gasteiger partial charge on any atom is -0.486 e. The lowest BCUT2D eigenvalue weighted by atomic mass is 10.1. The maximum atomic E-state index is 12.5. The number of nitrogens with zero attached hydrogens (tertiary/aromatic N) is 1. The highest BCUT2D eigenvalue weighted by atomic mass is 79.9. The van der Waals surface area contributed by atoms with Gasteiger partial charge in [-0.1, -0.05) is 27.5 Å². The van der Waals surface area contributed by atoms with E-state index in [-0.39, 0.29) is 18.2 Å². The first-order valence-corrected chi connectivity index (χ1v) is 10.6. The molecule has 0 bridgehead atoms. The fraction of sp³-hybridized carbons (Fsp3) is 0.333. The third kappa shape index (κ3) is 5.03. The van der Waals surface area contributed by atoms with Gasteiger partial charge >= 0.3 is 0 Å². The Bertz CT molecular complexity index is 931. The van der Waals surface area contributed by atoms with E-state index >= 15 is 0 Å². The van der Waals surface area contributed by atoms with Crippen LogP contribution in [0.3, 0.4) is 0 Å². The number of amides is 2. The summed E-state index contributed by atoms with van der Waals surface area (Å²) in [6.07, 6.45) is 0.148. The summed E-state index contributed by atoms with van der Waals surface area (Å²) in [5.74, 6) is 0.955. The minimum absolute atomic E-state index is 0.127. The molecule has 0 spiro atoms. The van der Waals surface area contributed by atoms with Gasteiger partial charge in [0.05, 0.1) is 17.0 Å². The number of anilines is 1. The van der Waals surface area contributed by atoms with Gasteiger partial charge in [-0.15, -0.1) is 0 Å². The molecule has 8 heteroatoms. The molecule has 0 aliphatic carbocycles. The van der Waals surface area contributed by atoms with Crippen LogP contribution in [0.2, 0.25) is 5.02 Å². The summed E-state index contributed by atoms with van der Waals surface area (Å²) >= 11 is 9.77. The molecule has 3 rings (SSSR count). The number of rotatable bonds is 6. The highest BCUT2D eigenvalue weighted by Crippen LogP contribution is 2.35. The molecule has 0 atom stereocenters. The Kier molecular flexibility index (Phi) is 7.03. The van der Waals surface area contributed by atoms with Crippen molar-refractivity contribution >= 4 is 45.0 Å². The molecule has 1 aliphatic heterocycles. The highest BCUT2D eigenvalue weighted by Gasteiger charge is 2.18. The number of ether oxygens (including phenoxy) is 2. The zero-order chi connectivity index (χ0) is 21.0. The minimum atomic E-state index is -0.207. The lowest BCUT2D eigenvalue weighted by Crippen LogP contribution is -2.30. The van der Waals surface area contributed by atoms with Gasteiger partial charge in [0.2, 0.25) is 5.91 Å². The summed E-state index contributed by atoms with van der Waals surface area (Å²) in [5.41, 5.74) is 1.74. The molecule has 0 radical (unpaired) electrons. The van der Waals surface area contributed by atoms with Gasteiger partial charge in [0.1, 0.15) is 13.2 Å². The first-order valence-electron chi connectivity index (χ1n) is 9.39. The van der Waals surface area contributed by atoms with Crippen LogP contribution in [0.15, 0.2) is 34.8 Å². The smallest absolute Gasteiger partial charge is 0.255 e. The molecule has 2 amide bonds. The van der Waals surface area contributed by atoms with Gasteiger partial charge in [-0.05, 0) is 49.7 Å². The average Bonchev–Trinajstić information content (AvgIpc) is 2.69. The predicted octanol–water partition coefficient (Wildman–Crippen LogP) is 4.54. The lowest BCUT2D eigenvalue weighted by Gasteiger charge is -2.20. The number of hydrogen-bond acceptors (Lipinski definition) is 4. The molecule has 2 aromatic carbocycles. The third-order valence-corrected chi connectivity index (χ3v) is 5.65. The van der Waals surface area contributed by atoms with E-state index in [4.69, 9.17) is 21.1 Å². The molecule has 0 saturated carbocycles. The van der Waals surface area contributed by atoms with Gasteiger partial charge in [0, 0.05) is 23.2 Å². The van der Waals surface area contributed by atoms with Crippen molar-refractivity contribution in [2.24, 2.45) is 0 Å². The topological polar surface area (TPSA) is 67.9 Å².